The van der Waals surface area contributed by atoms with Gasteiger partial charge in [-0.3, -0.25) is 0 Å². The van der Waals surface area contributed by atoms with Gasteiger partial charge < -0.3 is 14.0 Å². The Hall–Kier alpha value is -3.02. The summed E-state index contributed by atoms with van der Waals surface area (Å²) in [6.45, 7) is 9.93. The molecule has 0 saturated carbocycles. The molecule has 11 heteroatoms. The third-order valence-electron chi connectivity index (χ3n) is 9.76. The molecule has 8 nitrogen and oxygen atoms in total. The predicted octanol–water partition coefficient (Wildman–Crippen LogP) is 7.16. The van der Waals surface area contributed by atoms with Gasteiger partial charge in [0.05, 0.1) is 25.7 Å². The fourth-order valence-corrected chi connectivity index (χ4v) is 8.66. The summed E-state index contributed by atoms with van der Waals surface area (Å²) in [4.78, 5) is 2.23. The minimum absolute atomic E-state index is 0.281. The molecule has 48 heavy (non-hydrogen) atoms. The normalized spacial score (nSPS) is 20.5. The Balaban J connectivity index is 1.41. The predicted molar refractivity (Wildman–Crippen MR) is 191 cm³/mol. The smallest absolute Gasteiger partial charge is 0.209 e. The SMILES string of the molecule is CC1(C)C(/C=C/C2=C(Cl)C(=C/C=C3/N(CCCCS(=O)(=O)[O-])c4ccccc4C3(C)C)/CC2)=[N+](CCCCS(=O)(=O)[O-])c2ccccc21. The molecule has 0 spiro atoms. The van der Waals surface area contributed by atoms with Gasteiger partial charge in [0, 0.05) is 64.0 Å². The number of allylic oxidation sites excluding steroid dienone is 8. The lowest BCUT2D eigenvalue weighted by Gasteiger charge is -2.27. The molecule has 0 bridgehead atoms. The molecule has 5 rings (SSSR count). The number of anilines is 1. The van der Waals surface area contributed by atoms with E-state index in [9.17, 15) is 25.9 Å². The number of unbranched alkanes of at least 4 members (excludes halogenated alkanes) is 2. The van der Waals surface area contributed by atoms with Crippen LogP contribution in [0.2, 0.25) is 0 Å². The fraction of sp³-hybridized carbons (Fsp3) is 0.432. The van der Waals surface area contributed by atoms with E-state index >= 15 is 0 Å². The van der Waals surface area contributed by atoms with E-state index in [-0.39, 0.29) is 22.3 Å². The van der Waals surface area contributed by atoms with Crippen molar-refractivity contribution in [3.8, 4) is 0 Å². The Bertz CT molecular complexity index is 1950. The third kappa shape index (κ3) is 7.89. The zero-order valence-corrected chi connectivity index (χ0v) is 30.4. The standard InChI is InChI=1S/C37H45ClN2O6S2/c1-36(2)29-13-5-7-15-31(29)39(23-9-11-25-47(41,42)43)33(36)21-19-27-17-18-28(35(27)38)20-22-34-37(3,4)30-14-6-8-16-32(30)40(34)24-10-12-26-48(44,45)46/h5-8,13-16,19-22H,9-12,17-18,23-26H2,1-4H3,(H-,41,42,43,44,45,46)/p-1. The third-order valence-corrected chi connectivity index (χ3v) is 11.8. The first kappa shape index (κ1) is 36.3. The molecule has 0 radical (unpaired) electrons. The zero-order chi connectivity index (χ0) is 34.9. The van der Waals surface area contributed by atoms with Crippen LogP contribution >= 0.6 is 11.6 Å². The molecule has 0 unspecified atom stereocenters. The van der Waals surface area contributed by atoms with Gasteiger partial charge in [-0.15, -0.1) is 0 Å². The molecule has 2 heterocycles. The summed E-state index contributed by atoms with van der Waals surface area (Å²) in [5.41, 5.74) is 8.28. The van der Waals surface area contributed by atoms with Gasteiger partial charge in [-0.25, -0.2) is 16.8 Å². The van der Waals surface area contributed by atoms with Crippen LogP contribution in [0.3, 0.4) is 0 Å². The monoisotopic (exact) mass is 711 g/mol. The molecule has 0 aromatic heterocycles. The molecule has 2 aromatic rings. The summed E-state index contributed by atoms with van der Waals surface area (Å²) < 4.78 is 69.2. The number of nitrogens with zero attached hydrogens (tertiary/aromatic N) is 2. The van der Waals surface area contributed by atoms with E-state index in [1.807, 2.05) is 24.3 Å². The molecule has 0 atom stereocenters. The van der Waals surface area contributed by atoms with E-state index < -0.39 is 20.2 Å². The Morgan fingerprint density at radius 2 is 1.42 bits per heavy atom. The van der Waals surface area contributed by atoms with Crippen molar-refractivity contribution < 1.29 is 30.5 Å². The summed E-state index contributed by atoms with van der Waals surface area (Å²) in [5, 5.41) is 0.727. The van der Waals surface area contributed by atoms with Crippen molar-refractivity contribution in [1.29, 1.82) is 0 Å². The Morgan fingerprint density at radius 3 is 2.10 bits per heavy atom. The average Bonchev–Trinajstić information content (AvgIpc) is 3.54. The molecule has 0 N–H and O–H groups in total. The van der Waals surface area contributed by atoms with Gasteiger partial charge in [0.15, 0.2) is 5.71 Å². The van der Waals surface area contributed by atoms with Crippen LogP contribution in [0.4, 0.5) is 11.4 Å². The summed E-state index contributed by atoms with van der Waals surface area (Å²) in [6, 6.07) is 16.5. The largest absolute Gasteiger partial charge is 0.748 e. The van der Waals surface area contributed by atoms with Gasteiger partial charge >= 0.3 is 0 Å². The van der Waals surface area contributed by atoms with Crippen molar-refractivity contribution in [2.75, 3.05) is 29.5 Å². The molecule has 258 valence electrons. The lowest BCUT2D eigenvalue weighted by atomic mass is 9.81. The van der Waals surface area contributed by atoms with E-state index in [0.29, 0.717) is 38.8 Å². The minimum atomic E-state index is -4.25. The van der Waals surface area contributed by atoms with Crippen molar-refractivity contribution in [2.24, 2.45) is 0 Å². The maximum Gasteiger partial charge on any atom is 0.209 e. The molecule has 0 amide bonds. The van der Waals surface area contributed by atoms with Crippen LogP contribution in [0.15, 0.2) is 94.7 Å². The number of fused-ring (bicyclic) bond motifs is 2. The maximum absolute atomic E-state index is 11.2. The first-order valence-electron chi connectivity index (χ1n) is 16.5. The second kappa shape index (κ2) is 14.1. The molecule has 1 aliphatic carbocycles. The second-order valence-electron chi connectivity index (χ2n) is 13.8. The van der Waals surface area contributed by atoms with Crippen LogP contribution in [-0.2, 0) is 31.1 Å². The number of rotatable bonds is 13. The topological polar surface area (TPSA) is 121 Å². The first-order chi connectivity index (χ1) is 22.5. The van der Waals surface area contributed by atoms with Crippen LogP contribution in [0.25, 0.3) is 0 Å². The van der Waals surface area contributed by atoms with Crippen molar-refractivity contribution in [2.45, 2.75) is 77.0 Å². The van der Waals surface area contributed by atoms with Crippen molar-refractivity contribution in [3.63, 3.8) is 0 Å². The Kier molecular flexibility index (Phi) is 10.6. The summed E-state index contributed by atoms with van der Waals surface area (Å²) in [6.07, 6.45) is 11.8. The van der Waals surface area contributed by atoms with Crippen LogP contribution in [-0.4, -0.2) is 60.8 Å². The van der Waals surface area contributed by atoms with Gasteiger partial charge in [-0.1, -0.05) is 74.0 Å². The van der Waals surface area contributed by atoms with Crippen LogP contribution in [0.1, 0.15) is 77.3 Å². The highest BCUT2D eigenvalue weighted by molar-refractivity contribution is 7.85. The van der Waals surface area contributed by atoms with Gasteiger partial charge in [0.1, 0.15) is 6.54 Å². The maximum atomic E-state index is 11.2. The van der Waals surface area contributed by atoms with E-state index in [0.717, 1.165) is 51.8 Å². The quantitative estimate of drug-likeness (QED) is 0.123. The van der Waals surface area contributed by atoms with Gasteiger partial charge in [0.25, 0.3) is 0 Å². The average molecular weight is 712 g/mol. The summed E-state index contributed by atoms with van der Waals surface area (Å²) in [7, 11) is -8.49. The molecular weight excluding hydrogens is 668 g/mol. The van der Waals surface area contributed by atoms with E-state index in [1.54, 1.807) is 0 Å². The summed E-state index contributed by atoms with van der Waals surface area (Å²) in [5.74, 6) is -0.727. The lowest BCUT2D eigenvalue weighted by Crippen LogP contribution is -2.28. The lowest BCUT2D eigenvalue weighted by molar-refractivity contribution is -0.438. The van der Waals surface area contributed by atoms with Gasteiger partial charge in [0.2, 0.25) is 5.69 Å². The van der Waals surface area contributed by atoms with Crippen molar-refractivity contribution in [1.82, 2.24) is 0 Å². The molecule has 0 saturated heterocycles. The highest BCUT2D eigenvalue weighted by Gasteiger charge is 2.44. The molecule has 2 aliphatic heterocycles. The van der Waals surface area contributed by atoms with Crippen LogP contribution in [0, 0.1) is 0 Å². The van der Waals surface area contributed by atoms with E-state index in [1.165, 1.54) is 11.1 Å². The van der Waals surface area contributed by atoms with Crippen LogP contribution < -0.4 is 4.90 Å². The van der Waals surface area contributed by atoms with E-state index in [4.69, 9.17) is 11.6 Å². The molecule has 2 aromatic carbocycles. The van der Waals surface area contributed by atoms with Gasteiger partial charge in [-0.2, -0.15) is 4.58 Å². The van der Waals surface area contributed by atoms with Crippen LogP contribution in [0.5, 0.6) is 0 Å². The Morgan fingerprint density at radius 1 is 0.792 bits per heavy atom. The van der Waals surface area contributed by atoms with E-state index in [2.05, 4.69) is 85.7 Å². The Labute approximate surface area is 290 Å². The highest BCUT2D eigenvalue weighted by atomic mass is 35.5. The number of hydrogen-bond donors (Lipinski definition) is 0. The number of para-hydroxylation sites is 2. The molecular formula is C37H44ClN2O6S2-. The first-order valence-corrected chi connectivity index (χ1v) is 20.0. The fourth-order valence-electron chi connectivity index (χ4n) is 7.23. The second-order valence-corrected chi connectivity index (χ2v) is 17.3. The number of hydrogen-bond acceptors (Lipinski definition) is 7. The molecule has 3 aliphatic rings. The minimum Gasteiger partial charge on any atom is -0.748 e. The highest BCUT2D eigenvalue weighted by Crippen LogP contribution is 2.48. The summed E-state index contributed by atoms with van der Waals surface area (Å²) >= 11 is 7.02. The number of halogens is 1. The zero-order valence-electron chi connectivity index (χ0n) is 28.0. The number of benzene rings is 2. The van der Waals surface area contributed by atoms with Gasteiger partial charge in [-0.05, 0) is 74.8 Å². The van der Waals surface area contributed by atoms with Crippen molar-refractivity contribution in [3.05, 3.63) is 106 Å². The van der Waals surface area contributed by atoms with Crippen molar-refractivity contribution >= 4 is 48.9 Å². The molecule has 0 fully saturated rings.